The van der Waals surface area contributed by atoms with E-state index in [9.17, 15) is 14.0 Å². The van der Waals surface area contributed by atoms with E-state index in [2.05, 4.69) is 5.32 Å². The van der Waals surface area contributed by atoms with E-state index in [0.717, 1.165) is 0 Å². The van der Waals surface area contributed by atoms with Crippen molar-refractivity contribution in [3.8, 4) is 11.5 Å². The second-order valence-corrected chi connectivity index (χ2v) is 6.46. The van der Waals surface area contributed by atoms with Gasteiger partial charge in [0.1, 0.15) is 5.82 Å². The maximum absolute atomic E-state index is 13.6. The molecule has 0 fully saturated rings. The first kappa shape index (κ1) is 21.9. The van der Waals surface area contributed by atoms with Crippen LogP contribution in [0.25, 0.3) is 6.08 Å². The average Bonchev–Trinajstić information content (AvgIpc) is 2.68. The summed E-state index contributed by atoms with van der Waals surface area (Å²) in [6.45, 7) is 5.22. The van der Waals surface area contributed by atoms with Crippen molar-refractivity contribution < 1.29 is 28.2 Å². The van der Waals surface area contributed by atoms with Crippen LogP contribution in [-0.2, 0) is 14.3 Å². The van der Waals surface area contributed by atoms with E-state index in [-0.39, 0.29) is 11.8 Å². The van der Waals surface area contributed by atoms with Gasteiger partial charge in [0, 0.05) is 6.08 Å². The lowest BCUT2D eigenvalue weighted by molar-refractivity contribution is -0.148. The van der Waals surface area contributed by atoms with Gasteiger partial charge in [0.05, 0.1) is 18.9 Å². The number of ether oxygens (including phenoxy) is 3. The Labute approximate surface area is 169 Å². The Hall–Kier alpha value is -3.35. The lowest BCUT2D eigenvalue weighted by Gasteiger charge is -2.14. The number of esters is 1. The molecule has 0 aliphatic rings. The number of anilines is 1. The molecule has 2 rings (SSSR count). The van der Waals surface area contributed by atoms with Gasteiger partial charge in [0.25, 0.3) is 5.91 Å². The predicted octanol–water partition coefficient (Wildman–Crippen LogP) is 4.21. The number of carbonyl (C=O) groups is 2. The first-order chi connectivity index (χ1) is 13.8. The summed E-state index contributed by atoms with van der Waals surface area (Å²) >= 11 is 0. The molecule has 1 amide bonds. The van der Waals surface area contributed by atoms with Crippen LogP contribution in [0.4, 0.5) is 10.1 Å². The fraction of sp³-hybridized carbons (Fsp3) is 0.273. The molecule has 0 spiro atoms. The minimum atomic E-state index is -1.09. The molecular weight excluding hydrogens is 377 g/mol. The van der Waals surface area contributed by atoms with Crippen molar-refractivity contribution in [2.45, 2.75) is 33.0 Å². The number of carbonyl (C=O) groups excluding carboxylic acids is 2. The standard InChI is InChI=1S/C22H24FNO5/c1-14(2)28-19-11-9-16(13-20(19)27-4)10-12-21(25)29-15(3)22(26)24-18-8-6-5-7-17(18)23/h5-15H,1-4H3,(H,24,26)/b12-10+/t15-/m1/s1. The fourth-order valence-electron chi connectivity index (χ4n) is 2.37. The number of amides is 1. The monoisotopic (exact) mass is 401 g/mol. The van der Waals surface area contributed by atoms with Crippen LogP contribution in [0.1, 0.15) is 26.3 Å². The van der Waals surface area contributed by atoms with E-state index < -0.39 is 23.8 Å². The highest BCUT2D eigenvalue weighted by atomic mass is 19.1. The second-order valence-electron chi connectivity index (χ2n) is 6.46. The molecule has 0 aliphatic carbocycles. The first-order valence-corrected chi connectivity index (χ1v) is 9.09. The van der Waals surface area contributed by atoms with Crippen molar-refractivity contribution in [3.63, 3.8) is 0 Å². The van der Waals surface area contributed by atoms with Gasteiger partial charge < -0.3 is 19.5 Å². The maximum Gasteiger partial charge on any atom is 0.331 e. The number of rotatable bonds is 8. The lowest BCUT2D eigenvalue weighted by Crippen LogP contribution is -2.29. The number of nitrogens with one attached hydrogen (secondary N) is 1. The quantitative estimate of drug-likeness (QED) is 0.530. The summed E-state index contributed by atoms with van der Waals surface area (Å²) in [5.74, 6) is -0.776. The van der Waals surface area contributed by atoms with Crippen LogP contribution < -0.4 is 14.8 Å². The number of hydrogen-bond donors (Lipinski definition) is 1. The van der Waals surface area contributed by atoms with Crippen LogP contribution in [0.5, 0.6) is 11.5 Å². The molecule has 7 heteroatoms. The van der Waals surface area contributed by atoms with Gasteiger partial charge in [0.2, 0.25) is 0 Å². The summed E-state index contributed by atoms with van der Waals surface area (Å²) < 4.78 is 29.6. The van der Waals surface area contributed by atoms with Crippen LogP contribution in [-0.4, -0.2) is 31.2 Å². The highest BCUT2D eigenvalue weighted by Gasteiger charge is 2.18. The summed E-state index contributed by atoms with van der Waals surface area (Å²) in [7, 11) is 1.53. The van der Waals surface area contributed by atoms with E-state index >= 15 is 0 Å². The SMILES string of the molecule is COc1cc(/C=C/C(=O)O[C@H](C)C(=O)Nc2ccccc2F)ccc1OC(C)C. The van der Waals surface area contributed by atoms with Crippen LogP contribution in [0.15, 0.2) is 48.5 Å². The summed E-state index contributed by atoms with van der Waals surface area (Å²) in [4.78, 5) is 24.1. The molecule has 0 aliphatic heterocycles. The van der Waals surface area contributed by atoms with Crippen molar-refractivity contribution in [2.75, 3.05) is 12.4 Å². The Morgan fingerprint density at radius 1 is 1.07 bits per heavy atom. The molecule has 0 heterocycles. The molecule has 0 aromatic heterocycles. The molecule has 0 radical (unpaired) electrons. The predicted molar refractivity (Wildman–Crippen MR) is 108 cm³/mol. The van der Waals surface area contributed by atoms with E-state index in [1.807, 2.05) is 13.8 Å². The van der Waals surface area contributed by atoms with Crippen LogP contribution >= 0.6 is 0 Å². The molecule has 0 saturated heterocycles. The second kappa shape index (κ2) is 10.3. The Bertz CT molecular complexity index is 895. The van der Waals surface area contributed by atoms with Gasteiger partial charge >= 0.3 is 5.97 Å². The number of methoxy groups -OCH3 is 1. The molecule has 0 saturated carbocycles. The largest absolute Gasteiger partial charge is 0.493 e. The smallest absolute Gasteiger partial charge is 0.331 e. The Balaban J connectivity index is 1.96. The van der Waals surface area contributed by atoms with Gasteiger partial charge in [-0.15, -0.1) is 0 Å². The minimum absolute atomic E-state index is 0.00253. The topological polar surface area (TPSA) is 73.9 Å². The van der Waals surface area contributed by atoms with Crippen molar-refractivity contribution in [3.05, 3.63) is 59.9 Å². The molecule has 29 heavy (non-hydrogen) atoms. The highest BCUT2D eigenvalue weighted by molar-refractivity contribution is 5.96. The van der Waals surface area contributed by atoms with Gasteiger partial charge in [-0.1, -0.05) is 18.2 Å². The third kappa shape index (κ3) is 6.64. The summed E-state index contributed by atoms with van der Waals surface area (Å²) in [6.07, 6.45) is 1.64. The molecule has 1 atom stereocenters. The van der Waals surface area contributed by atoms with Crippen LogP contribution in [0, 0.1) is 5.82 Å². The van der Waals surface area contributed by atoms with Gasteiger partial charge in [-0.05, 0) is 56.7 Å². The number of halogens is 1. The van der Waals surface area contributed by atoms with E-state index in [1.54, 1.807) is 24.3 Å². The van der Waals surface area contributed by atoms with Gasteiger partial charge in [0.15, 0.2) is 17.6 Å². The molecule has 0 bridgehead atoms. The fourth-order valence-corrected chi connectivity index (χ4v) is 2.37. The highest BCUT2D eigenvalue weighted by Crippen LogP contribution is 2.29. The summed E-state index contributed by atoms with van der Waals surface area (Å²) in [6, 6.07) is 11.0. The van der Waals surface area contributed by atoms with Crippen molar-refractivity contribution in [1.29, 1.82) is 0 Å². The normalized spacial score (nSPS) is 11.9. The first-order valence-electron chi connectivity index (χ1n) is 9.09. The average molecular weight is 401 g/mol. The zero-order valence-electron chi connectivity index (χ0n) is 16.8. The number of benzene rings is 2. The molecular formula is C22H24FNO5. The van der Waals surface area contributed by atoms with Crippen molar-refractivity contribution in [2.24, 2.45) is 0 Å². The van der Waals surface area contributed by atoms with Gasteiger partial charge in [-0.25, -0.2) is 9.18 Å². The molecule has 1 N–H and O–H groups in total. The summed E-state index contributed by atoms with van der Waals surface area (Å²) in [5.41, 5.74) is 0.713. The van der Waals surface area contributed by atoms with Crippen molar-refractivity contribution >= 4 is 23.6 Å². The van der Waals surface area contributed by atoms with E-state index in [1.165, 1.54) is 44.4 Å². The Morgan fingerprint density at radius 3 is 2.45 bits per heavy atom. The van der Waals surface area contributed by atoms with Crippen molar-refractivity contribution in [1.82, 2.24) is 0 Å². The zero-order chi connectivity index (χ0) is 21.4. The third-order valence-corrected chi connectivity index (χ3v) is 3.76. The number of para-hydroxylation sites is 1. The van der Waals surface area contributed by atoms with Crippen LogP contribution in [0.2, 0.25) is 0 Å². The van der Waals surface area contributed by atoms with Gasteiger partial charge in [-0.3, -0.25) is 4.79 Å². The third-order valence-electron chi connectivity index (χ3n) is 3.76. The Morgan fingerprint density at radius 2 is 1.79 bits per heavy atom. The zero-order valence-corrected chi connectivity index (χ0v) is 16.8. The molecule has 6 nitrogen and oxygen atoms in total. The van der Waals surface area contributed by atoms with E-state index in [0.29, 0.717) is 17.1 Å². The molecule has 2 aromatic carbocycles. The number of hydrogen-bond acceptors (Lipinski definition) is 5. The molecule has 154 valence electrons. The summed E-state index contributed by atoms with van der Waals surface area (Å²) in [5, 5.41) is 2.38. The molecule has 2 aromatic rings. The maximum atomic E-state index is 13.6. The van der Waals surface area contributed by atoms with E-state index in [4.69, 9.17) is 14.2 Å². The molecule has 0 unspecified atom stereocenters. The Kier molecular flexibility index (Phi) is 7.77. The van der Waals surface area contributed by atoms with Gasteiger partial charge in [-0.2, -0.15) is 0 Å². The van der Waals surface area contributed by atoms with Crippen LogP contribution in [0.3, 0.4) is 0 Å². The minimum Gasteiger partial charge on any atom is -0.493 e. The lowest BCUT2D eigenvalue weighted by atomic mass is 10.2.